The fourth-order valence-corrected chi connectivity index (χ4v) is 2.56. The van der Waals surface area contributed by atoms with Gasteiger partial charge in [0.25, 0.3) is 0 Å². The largest absolute Gasteiger partial charge is 0.425 e. The number of carbonyl (C=O) groups is 2. The number of esters is 2. The molecule has 0 aromatic rings. The molecule has 0 saturated carbocycles. The number of ether oxygens (including phenoxy) is 2. The molecule has 6 nitrogen and oxygen atoms in total. The fourth-order valence-electron chi connectivity index (χ4n) is 1.58. The second-order valence-corrected chi connectivity index (χ2v) is 8.51. The first kappa shape index (κ1) is 18.5. The minimum absolute atomic E-state index is 0.0597. The maximum Gasteiger partial charge on any atom is 0.357 e. The summed E-state index contributed by atoms with van der Waals surface area (Å²) in [4.78, 5) is 28.1. The number of hydrogen-bond acceptors (Lipinski definition) is 6. The molecule has 0 spiro atoms. The summed E-state index contributed by atoms with van der Waals surface area (Å²) in [5.41, 5.74) is -0.142. The normalized spacial score (nSPS) is 22.2. The lowest BCUT2D eigenvalue weighted by molar-refractivity contribution is -0.186. The Balaban J connectivity index is 2.83. The van der Waals surface area contributed by atoms with Gasteiger partial charge in [0.15, 0.2) is 0 Å². The number of hydrogen-bond donors (Lipinski definition) is 0. The van der Waals surface area contributed by atoms with Gasteiger partial charge < -0.3 is 9.47 Å². The molecule has 124 valence electrons. The first-order chi connectivity index (χ1) is 9.85. The Kier molecular flexibility index (Phi) is 5.33. The van der Waals surface area contributed by atoms with E-state index in [0.29, 0.717) is 5.70 Å². The molecule has 2 atom stereocenters. The van der Waals surface area contributed by atoms with E-state index in [9.17, 15) is 13.8 Å². The number of nitrogens with zero attached hydrogens (tertiary/aromatic N) is 1. The molecule has 0 N–H and O–H groups in total. The molecule has 0 bridgehead atoms. The van der Waals surface area contributed by atoms with E-state index in [0.717, 1.165) is 0 Å². The summed E-state index contributed by atoms with van der Waals surface area (Å²) in [5.74, 6) is -1.21. The molecule has 2 unspecified atom stereocenters. The Hall–Kier alpha value is -1.50. The minimum Gasteiger partial charge on any atom is -0.425 e. The third-order valence-electron chi connectivity index (χ3n) is 2.99. The topological polar surface area (TPSA) is 82.0 Å². The molecular weight excluding hydrogens is 306 g/mol. The van der Waals surface area contributed by atoms with Crippen LogP contribution in [0.2, 0.25) is 0 Å². The van der Waals surface area contributed by atoms with E-state index >= 15 is 0 Å². The van der Waals surface area contributed by atoms with Crippen LogP contribution in [0.25, 0.3) is 0 Å². The molecule has 0 aliphatic carbocycles. The van der Waals surface area contributed by atoms with Crippen molar-refractivity contribution in [2.45, 2.75) is 59.5 Å². The van der Waals surface area contributed by atoms with Crippen LogP contribution in [-0.2, 0) is 29.9 Å². The highest BCUT2D eigenvalue weighted by Crippen LogP contribution is 2.25. The molecule has 7 heteroatoms. The van der Waals surface area contributed by atoms with Crippen LogP contribution < -0.4 is 0 Å². The summed E-state index contributed by atoms with van der Waals surface area (Å²) in [6, 6.07) is 0. The highest BCUT2D eigenvalue weighted by molar-refractivity contribution is 7.90. The third kappa shape index (κ3) is 4.25. The zero-order valence-electron chi connectivity index (χ0n) is 14.1. The molecule has 1 aliphatic heterocycles. The van der Waals surface area contributed by atoms with Crippen molar-refractivity contribution in [2.75, 3.05) is 0 Å². The molecule has 0 fully saturated rings. The van der Waals surface area contributed by atoms with Crippen molar-refractivity contribution in [3.8, 4) is 0 Å². The SMILES string of the molecule is CC1=CS(=O)C(C)(C)C(C(=O)OC(C)OC(=O)C(C)(C)C)=N1. The maximum atomic E-state index is 12.2. The van der Waals surface area contributed by atoms with E-state index in [2.05, 4.69) is 4.99 Å². The summed E-state index contributed by atoms with van der Waals surface area (Å²) in [6.45, 7) is 11.5. The molecule has 1 aliphatic rings. The van der Waals surface area contributed by atoms with Gasteiger partial charge in [-0.3, -0.25) is 9.00 Å². The van der Waals surface area contributed by atoms with Crippen LogP contribution >= 0.6 is 0 Å². The van der Waals surface area contributed by atoms with Crippen molar-refractivity contribution in [3.63, 3.8) is 0 Å². The minimum atomic E-state index is -1.37. The average molecular weight is 329 g/mol. The number of aliphatic imine (C=N–C) groups is 1. The fraction of sp³-hybridized carbons (Fsp3) is 0.667. The monoisotopic (exact) mass is 329 g/mol. The van der Waals surface area contributed by atoms with Crippen LogP contribution in [-0.4, -0.2) is 32.9 Å². The van der Waals surface area contributed by atoms with E-state index < -0.39 is 39.2 Å². The van der Waals surface area contributed by atoms with Crippen molar-refractivity contribution in [1.82, 2.24) is 0 Å². The predicted octanol–water partition coefficient (Wildman–Crippen LogP) is 2.31. The summed E-state index contributed by atoms with van der Waals surface area (Å²) >= 11 is 0. The Morgan fingerprint density at radius 1 is 1.27 bits per heavy atom. The summed E-state index contributed by atoms with van der Waals surface area (Å²) < 4.78 is 21.3. The van der Waals surface area contributed by atoms with Crippen LogP contribution in [0.1, 0.15) is 48.5 Å². The Morgan fingerprint density at radius 3 is 2.32 bits per heavy atom. The number of rotatable bonds is 3. The van der Waals surface area contributed by atoms with E-state index in [-0.39, 0.29) is 5.71 Å². The quantitative estimate of drug-likeness (QED) is 0.586. The van der Waals surface area contributed by atoms with Crippen molar-refractivity contribution >= 4 is 28.4 Å². The summed E-state index contributed by atoms with van der Waals surface area (Å²) in [7, 11) is -1.37. The Labute approximate surface area is 133 Å². The van der Waals surface area contributed by atoms with Crippen molar-refractivity contribution in [1.29, 1.82) is 0 Å². The smallest absolute Gasteiger partial charge is 0.357 e. The van der Waals surface area contributed by atoms with Gasteiger partial charge in [0, 0.05) is 18.0 Å². The molecule has 0 radical (unpaired) electrons. The van der Waals surface area contributed by atoms with Crippen molar-refractivity contribution in [3.05, 3.63) is 11.1 Å². The zero-order valence-corrected chi connectivity index (χ0v) is 14.9. The highest BCUT2D eigenvalue weighted by atomic mass is 32.2. The van der Waals surface area contributed by atoms with Crippen LogP contribution in [0.4, 0.5) is 0 Å². The highest BCUT2D eigenvalue weighted by Gasteiger charge is 2.40. The van der Waals surface area contributed by atoms with E-state index in [1.54, 1.807) is 41.5 Å². The average Bonchev–Trinajstić information content (AvgIpc) is 2.32. The molecule has 1 heterocycles. The molecule has 0 saturated heterocycles. The van der Waals surface area contributed by atoms with Crippen LogP contribution in [0.15, 0.2) is 16.1 Å². The first-order valence-corrected chi connectivity index (χ1v) is 8.17. The Bertz CT molecular complexity index is 569. The summed E-state index contributed by atoms with van der Waals surface area (Å²) in [6.07, 6.45) is -1.04. The molecular formula is C15H23NO5S. The molecule has 1 rings (SSSR count). The van der Waals surface area contributed by atoms with Gasteiger partial charge in [-0.05, 0) is 41.5 Å². The lowest BCUT2D eigenvalue weighted by Crippen LogP contribution is -2.44. The Morgan fingerprint density at radius 2 is 1.82 bits per heavy atom. The van der Waals surface area contributed by atoms with Crippen LogP contribution in [0, 0.1) is 5.41 Å². The molecule has 0 aromatic heterocycles. The second kappa shape index (κ2) is 6.32. The van der Waals surface area contributed by atoms with Gasteiger partial charge in [0.2, 0.25) is 6.29 Å². The number of allylic oxidation sites excluding steroid dienone is 1. The third-order valence-corrected chi connectivity index (χ3v) is 4.75. The van der Waals surface area contributed by atoms with Gasteiger partial charge in [-0.2, -0.15) is 0 Å². The van der Waals surface area contributed by atoms with Gasteiger partial charge >= 0.3 is 11.9 Å². The van der Waals surface area contributed by atoms with E-state index in [1.165, 1.54) is 12.3 Å². The van der Waals surface area contributed by atoms with Gasteiger partial charge in [0.1, 0.15) is 5.71 Å². The molecule has 0 aromatic carbocycles. The van der Waals surface area contributed by atoms with Crippen molar-refractivity contribution in [2.24, 2.45) is 10.4 Å². The lowest BCUT2D eigenvalue weighted by Gasteiger charge is -2.27. The number of carbonyl (C=O) groups excluding carboxylic acids is 2. The lowest BCUT2D eigenvalue weighted by atomic mass is 9.97. The maximum absolute atomic E-state index is 12.2. The zero-order chi connectivity index (χ0) is 17.3. The second-order valence-electron chi connectivity index (χ2n) is 6.66. The first-order valence-electron chi connectivity index (χ1n) is 6.96. The van der Waals surface area contributed by atoms with Crippen LogP contribution in [0.5, 0.6) is 0 Å². The molecule has 22 heavy (non-hydrogen) atoms. The van der Waals surface area contributed by atoms with Crippen molar-refractivity contribution < 1.29 is 23.3 Å². The van der Waals surface area contributed by atoms with Gasteiger partial charge in [-0.15, -0.1) is 0 Å². The summed E-state index contributed by atoms with van der Waals surface area (Å²) in [5, 5.41) is 1.50. The van der Waals surface area contributed by atoms with E-state index in [4.69, 9.17) is 9.47 Å². The van der Waals surface area contributed by atoms with Gasteiger partial charge in [-0.1, -0.05) is 0 Å². The van der Waals surface area contributed by atoms with Gasteiger partial charge in [0.05, 0.1) is 21.0 Å². The predicted molar refractivity (Wildman–Crippen MR) is 84.5 cm³/mol. The van der Waals surface area contributed by atoms with Gasteiger partial charge in [-0.25, -0.2) is 9.79 Å². The van der Waals surface area contributed by atoms with E-state index in [1.807, 2.05) is 0 Å². The molecule has 0 amide bonds. The standard InChI is InChI=1S/C15H23NO5S/c1-9-8-22(19)15(6,7)11(16-9)12(17)20-10(2)21-13(18)14(3,4)5/h8,10H,1-7H3. The van der Waals surface area contributed by atoms with Crippen LogP contribution in [0.3, 0.4) is 0 Å².